The molecule has 0 heterocycles. The summed E-state index contributed by atoms with van der Waals surface area (Å²) in [5.41, 5.74) is 0. The van der Waals surface area contributed by atoms with Crippen molar-refractivity contribution in [2.45, 2.75) is 58.5 Å². The van der Waals surface area contributed by atoms with Crippen molar-refractivity contribution in [2.75, 3.05) is 11.5 Å². The Labute approximate surface area is 116 Å². The fourth-order valence-electron chi connectivity index (χ4n) is 1.34. The van der Waals surface area contributed by atoms with Gasteiger partial charge in [-0.25, -0.2) is 0 Å². The van der Waals surface area contributed by atoms with E-state index in [0.717, 1.165) is 17.9 Å². The maximum Gasteiger partial charge on any atom is 0.135 e. The number of carbonyl (C=O) groups is 1. The fraction of sp³-hybridized carbons (Fsp3) is 0.929. The van der Waals surface area contributed by atoms with E-state index in [1.807, 2.05) is 37.4 Å². The lowest BCUT2D eigenvalue weighted by molar-refractivity contribution is -0.122. The summed E-state index contributed by atoms with van der Waals surface area (Å²) in [6, 6.07) is 0. The van der Waals surface area contributed by atoms with Gasteiger partial charge in [0.1, 0.15) is 5.78 Å². The number of carbonyl (C=O) groups excluding carboxylic acids is 1. The monoisotopic (exact) mass is 276 g/mol. The van der Waals surface area contributed by atoms with Gasteiger partial charge in [-0.05, 0) is 27.9 Å². The molecule has 17 heavy (non-hydrogen) atoms. The Kier molecular flexibility index (Phi) is 9.52. The lowest BCUT2D eigenvalue weighted by Crippen LogP contribution is -2.18. The summed E-state index contributed by atoms with van der Waals surface area (Å²) >= 11 is 3.96. The van der Waals surface area contributed by atoms with E-state index in [1.54, 1.807) is 0 Å². The van der Waals surface area contributed by atoms with Gasteiger partial charge in [-0.1, -0.05) is 41.5 Å². The molecule has 0 aromatic carbocycles. The van der Waals surface area contributed by atoms with Crippen molar-refractivity contribution in [3.63, 3.8) is 0 Å². The van der Waals surface area contributed by atoms with Crippen LogP contribution in [0.15, 0.2) is 0 Å². The van der Waals surface area contributed by atoms with E-state index in [1.165, 1.54) is 0 Å². The van der Waals surface area contributed by atoms with Crippen LogP contribution in [0.5, 0.6) is 0 Å². The Hall–Kier alpha value is 0.370. The van der Waals surface area contributed by atoms with Gasteiger partial charge in [0.2, 0.25) is 0 Å². The van der Waals surface area contributed by atoms with Crippen LogP contribution in [0.2, 0.25) is 0 Å². The molecule has 0 aromatic heterocycles. The lowest BCUT2D eigenvalue weighted by Gasteiger charge is -2.19. The molecule has 0 saturated heterocycles. The van der Waals surface area contributed by atoms with Crippen LogP contribution in [0.1, 0.15) is 48.0 Å². The first-order valence-electron chi connectivity index (χ1n) is 6.58. The summed E-state index contributed by atoms with van der Waals surface area (Å²) in [5.74, 6) is 3.39. The van der Waals surface area contributed by atoms with E-state index in [9.17, 15) is 4.79 Å². The molecule has 0 radical (unpaired) electrons. The van der Waals surface area contributed by atoms with Gasteiger partial charge in [-0.3, -0.25) is 4.79 Å². The molecule has 0 aromatic rings. The van der Waals surface area contributed by atoms with Gasteiger partial charge in [0.05, 0.1) is 0 Å². The molecule has 0 aliphatic carbocycles. The van der Waals surface area contributed by atoms with Gasteiger partial charge >= 0.3 is 0 Å². The third kappa shape index (κ3) is 10.0. The zero-order valence-corrected chi connectivity index (χ0v) is 13.8. The predicted molar refractivity (Wildman–Crippen MR) is 83.1 cm³/mol. The molecular formula is C14H28OS2. The van der Waals surface area contributed by atoms with Crippen molar-refractivity contribution >= 4 is 29.3 Å². The summed E-state index contributed by atoms with van der Waals surface area (Å²) in [4.78, 5) is 11.8. The molecule has 0 unspecified atom stereocenters. The van der Waals surface area contributed by atoms with Crippen LogP contribution < -0.4 is 0 Å². The van der Waals surface area contributed by atoms with Crippen molar-refractivity contribution in [3.05, 3.63) is 0 Å². The fourth-order valence-corrected chi connectivity index (χ4v) is 3.28. The summed E-state index contributed by atoms with van der Waals surface area (Å²) in [6.07, 6.45) is 0.761. The SMILES string of the molecule is CC(C)SCC(CSC(C)C)CC(=O)C(C)C. The highest BCUT2D eigenvalue weighted by atomic mass is 32.2. The van der Waals surface area contributed by atoms with E-state index in [4.69, 9.17) is 0 Å². The number of Topliss-reactive ketones (excluding diaryl/α,β-unsaturated/α-hetero) is 1. The van der Waals surface area contributed by atoms with E-state index >= 15 is 0 Å². The molecular weight excluding hydrogens is 248 g/mol. The van der Waals surface area contributed by atoms with Crippen molar-refractivity contribution in [2.24, 2.45) is 11.8 Å². The molecule has 0 atom stereocenters. The Morgan fingerprint density at radius 1 is 0.882 bits per heavy atom. The predicted octanol–water partition coefficient (Wildman–Crippen LogP) is 4.50. The van der Waals surface area contributed by atoms with Gasteiger partial charge in [-0.15, -0.1) is 0 Å². The minimum Gasteiger partial charge on any atom is -0.299 e. The molecule has 102 valence electrons. The molecule has 0 amide bonds. The van der Waals surface area contributed by atoms with E-state index < -0.39 is 0 Å². The average Bonchev–Trinajstić information content (AvgIpc) is 2.21. The summed E-state index contributed by atoms with van der Waals surface area (Å²) in [5, 5.41) is 1.33. The van der Waals surface area contributed by atoms with Crippen LogP contribution >= 0.6 is 23.5 Å². The number of thioether (sulfide) groups is 2. The maximum atomic E-state index is 11.8. The summed E-state index contributed by atoms with van der Waals surface area (Å²) in [7, 11) is 0. The van der Waals surface area contributed by atoms with Gasteiger partial charge in [0.25, 0.3) is 0 Å². The van der Waals surface area contributed by atoms with Crippen molar-refractivity contribution < 1.29 is 4.79 Å². The third-order valence-electron chi connectivity index (χ3n) is 2.46. The molecule has 3 heteroatoms. The molecule has 0 rings (SSSR count). The first kappa shape index (κ1) is 17.4. The summed E-state index contributed by atoms with van der Waals surface area (Å²) < 4.78 is 0. The zero-order valence-electron chi connectivity index (χ0n) is 12.2. The Morgan fingerprint density at radius 2 is 1.29 bits per heavy atom. The van der Waals surface area contributed by atoms with Crippen LogP contribution in [0, 0.1) is 11.8 Å². The normalized spacial score (nSPS) is 12.1. The second-order valence-corrected chi connectivity index (χ2v) is 8.67. The molecule has 0 bridgehead atoms. The van der Waals surface area contributed by atoms with E-state index in [-0.39, 0.29) is 5.92 Å². The number of hydrogen-bond acceptors (Lipinski definition) is 3. The molecule has 0 N–H and O–H groups in total. The topological polar surface area (TPSA) is 17.1 Å². The smallest absolute Gasteiger partial charge is 0.135 e. The summed E-state index contributed by atoms with van der Waals surface area (Å²) in [6.45, 7) is 12.9. The van der Waals surface area contributed by atoms with Crippen molar-refractivity contribution in [1.29, 1.82) is 0 Å². The van der Waals surface area contributed by atoms with Crippen LogP contribution in [0.3, 0.4) is 0 Å². The average molecular weight is 277 g/mol. The Morgan fingerprint density at radius 3 is 1.59 bits per heavy atom. The minimum atomic E-state index is 0.186. The Balaban J connectivity index is 4.14. The largest absolute Gasteiger partial charge is 0.299 e. The standard InChI is InChI=1S/C14H28OS2/c1-10(2)14(15)7-13(8-16-11(3)4)9-17-12(5)6/h10-13H,7-9H2,1-6H3. The first-order chi connectivity index (χ1) is 7.82. The minimum absolute atomic E-state index is 0.186. The van der Waals surface area contributed by atoms with Crippen LogP contribution in [0.25, 0.3) is 0 Å². The van der Waals surface area contributed by atoms with Gasteiger partial charge in [-0.2, -0.15) is 23.5 Å². The first-order valence-corrected chi connectivity index (χ1v) is 8.68. The quantitative estimate of drug-likeness (QED) is 0.617. The van der Waals surface area contributed by atoms with Crippen LogP contribution in [-0.2, 0) is 4.79 Å². The van der Waals surface area contributed by atoms with Crippen LogP contribution in [-0.4, -0.2) is 27.8 Å². The number of ketones is 1. The highest BCUT2D eigenvalue weighted by molar-refractivity contribution is 8.00. The van der Waals surface area contributed by atoms with Crippen molar-refractivity contribution in [3.8, 4) is 0 Å². The Bertz CT molecular complexity index is 200. The molecule has 0 fully saturated rings. The highest BCUT2D eigenvalue weighted by Crippen LogP contribution is 2.24. The van der Waals surface area contributed by atoms with E-state index in [2.05, 4.69) is 27.7 Å². The van der Waals surface area contributed by atoms with Crippen LogP contribution in [0.4, 0.5) is 0 Å². The number of hydrogen-bond donors (Lipinski definition) is 0. The van der Waals surface area contributed by atoms with Gasteiger partial charge in [0.15, 0.2) is 0 Å². The van der Waals surface area contributed by atoms with E-state index in [0.29, 0.717) is 22.2 Å². The van der Waals surface area contributed by atoms with Gasteiger partial charge < -0.3 is 0 Å². The molecule has 0 aliphatic heterocycles. The molecule has 0 spiro atoms. The number of rotatable bonds is 9. The maximum absolute atomic E-state index is 11.8. The molecule has 0 aliphatic rings. The van der Waals surface area contributed by atoms with Crippen molar-refractivity contribution in [1.82, 2.24) is 0 Å². The second kappa shape index (κ2) is 9.32. The lowest BCUT2D eigenvalue weighted by atomic mass is 9.99. The second-order valence-electron chi connectivity index (χ2n) is 5.46. The molecule has 1 nitrogen and oxygen atoms in total. The zero-order chi connectivity index (χ0) is 13.4. The van der Waals surface area contributed by atoms with Gasteiger partial charge in [0, 0.05) is 12.3 Å². The highest BCUT2D eigenvalue weighted by Gasteiger charge is 2.17. The third-order valence-corrected chi connectivity index (χ3v) is 5.13. The molecule has 0 saturated carbocycles.